The monoisotopic (exact) mass is 135 g/mol. The van der Waals surface area contributed by atoms with Gasteiger partial charge in [-0.15, -0.1) is 0 Å². The third-order valence-electron chi connectivity index (χ3n) is 1.52. The molecule has 0 bridgehead atoms. The maximum Gasteiger partial charge on any atom is 0.0274 e. The maximum absolute atomic E-state index is 3.81. The first-order chi connectivity index (χ1) is 4.70. The first kappa shape index (κ1) is 7.13. The van der Waals surface area contributed by atoms with Gasteiger partial charge >= 0.3 is 0 Å². The van der Waals surface area contributed by atoms with Crippen LogP contribution in [-0.4, -0.2) is 10.9 Å². The molecule has 0 N–H and O–H groups in total. The van der Waals surface area contributed by atoms with Gasteiger partial charge in [0.25, 0.3) is 0 Å². The molecule has 1 rings (SSSR count). The minimum absolute atomic E-state index is 0.542. The van der Waals surface area contributed by atoms with Gasteiger partial charge in [0, 0.05) is 18.4 Å². The summed E-state index contributed by atoms with van der Waals surface area (Å²) in [6.07, 6.45) is 8.12. The lowest BCUT2D eigenvalue weighted by molar-refractivity contribution is 0.414. The van der Waals surface area contributed by atoms with Gasteiger partial charge < -0.3 is 4.90 Å². The molecule has 1 aliphatic rings. The molecule has 1 nitrogen and oxygen atoms in total. The Bertz CT molecular complexity index is 171. The topological polar surface area (TPSA) is 3.24 Å². The minimum atomic E-state index is 0.542. The molecule has 1 aliphatic heterocycles. The summed E-state index contributed by atoms with van der Waals surface area (Å²) in [5, 5.41) is 0. The van der Waals surface area contributed by atoms with Crippen molar-refractivity contribution >= 4 is 0 Å². The van der Waals surface area contributed by atoms with E-state index < -0.39 is 0 Å². The molecule has 0 amide bonds. The van der Waals surface area contributed by atoms with Gasteiger partial charge in [0.15, 0.2) is 0 Å². The Hall–Kier alpha value is -0.980. The zero-order chi connectivity index (χ0) is 7.56. The van der Waals surface area contributed by atoms with E-state index in [9.17, 15) is 0 Å². The zero-order valence-electron chi connectivity index (χ0n) is 6.54. The molecule has 54 valence electrons. The van der Waals surface area contributed by atoms with E-state index in [1.807, 2.05) is 24.6 Å². The fourth-order valence-electron chi connectivity index (χ4n) is 0.813. The van der Waals surface area contributed by atoms with Gasteiger partial charge in [-0.1, -0.05) is 6.58 Å². The molecule has 0 aromatic carbocycles. The van der Waals surface area contributed by atoms with E-state index in [0.29, 0.717) is 6.04 Å². The third kappa shape index (κ3) is 1.50. The highest BCUT2D eigenvalue weighted by molar-refractivity contribution is 5.30. The third-order valence-corrected chi connectivity index (χ3v) is 1.52. The average molecular weight is 135 g/mol. The normalized spacial score (nSPS) is 17.1. The number of nitrogens with zero attached hydrogens (tertiary/aromatic N) is 1. The number of rotatable bonds is 1. The second-order valence-electron chi connectivity index (χ2n) is 2.75. The Morgan fingerprint density at radius 1 is 1.30 bits per heavy atom. The SMILES string of the molecule is C=C1C=CN(C(C)C)C=C1. The lowest BCUT2D eigenvalue weighted by Crippen LogP contribution is -2.20. The Balaban J connectivity index is 2.62. The smallest absolute Gasteiger partial charge is 0.0274 e. The van der Waals surface area contributed by atoms with Crippen LogP contribution in [0.1, 0.15) is 13.8 Å². The first-order valence-electron chi connectivity index (χ1n) is 3.53. The van der Waals surface area contributed by atoms with Crippen molar-refractivity contribution in [3.63, 3.8) is 0 Å². The molecule has 0 aromatic rings. The van der Waals surface area contributed by atoms with Crippen LogP contribution in [0.5, 0.6) is 0 Å². The van der Waals surface area contributed by atoms with E-state index in [1.165, 1.54) is 0 Å². The van der Waals surface area contributed by atoms with E-state index in [4.69, 9.17) is 0 Å². The summed E-state index contributed by atoms with van der Waals surface area (Å²) in [4.78, 5) is 2.15. The van der Waals surface area contributed by atoms with E-state index in [0.717, 1.165) is 5.57 Å². The lowest BCUT2D eigenvalue weighted by Gasteiger charge is -2.22. The predicted molar refractivity (Wildman–Crippen MR) is 44.4 cm³/mol. The molecular formula is C9H13N. The number of hydrogen-bond acceptors (Lipinski definition) is 1. The van der Waals surface area contributed by atoms with Crippen LogP contribution in [0.3, 0.4) is 0 Å². The van der Waals surface area contributed by atoms with Crippen LogP contribution in [-0.2, 0) is 0 Å². The largest absolute Gasteiger partial charge is 0.352 e. The quantitative estimate of drug-likeness (QED) is 0.533. The average Bonchev–Trinajstić information content (AvgIpc) is 1.88. The van der Waals surface area contributed by atoms with E-state index in [2.05, 4.69) is 25.3 Å². The van der Waals surface area contributed by atoms with Crippen LogP contribution in [0.4, 0.5) is 0 Å². The van der Waals surface area contributed by atoms with Crippen LogP contribution < -0.4 is 0 Å². The molecule has 0 radical (unpaired) electrons. The van der Waals surface area contributed by atoms with Crippen molar-refractivity contribution in [1.82, 2.24) is 4.90 Å². The molecule has 0 aromatic heterocycles. The van der Waals surface area contributed by atoms with Gasteiger partial charge in [0.1, 0.15) is 0 Å². The number of allylic oxidation sites excluding steroid dienone is 3. The summed E-state index contributed by atoms with van der Waals surface area (Å²) in [6, 6.07) is 0.542. The van der Waals surface area contributed by atoms with E-state index >= 15 is 0 Å². The molecule has 1 heterocycles. The van der Waals surface area contributed by atoms with E-state index in [-0.39, 0.29) is 0 Å². The van der Waals surface area contributed by atoms with Crippen LogP contribution in [0.25, 0.3) is 0 Å². The molecule has 0 saturated heterocycles. The summed E-state index contributed by atoms with van der Waals surface area (Å²) in [5.74, 6) is 0. The predicted octanol–water partition coefficient (Wildman–Crippen LogP) is 2.29. The Kier molecular flexibility index (Phi) is 1.95. The molecule has 0 fully saturated rings. The lowest BCUT2D eigenvalue weighted by atomic mass is 10.2. The van der Waals surface area contributed by atoms with Crippen molar-refractivity contribution in [3.05, 3.63) is 36.7 Å². The van der Waals surface area contributed by atoms with Gasteiger partial charge in [-0.25, -0.2) is 0 Å². The molecule has 0 aliphatic carbocycles. The van der Waals surface area contributed by atoms with Crippen LogP contribution in [0.2, 0.25) is 0 Å². The molecule has 0 atom stereocenters. The second-order valence-corrected chi connectivity index (χ2v) is 2.75. The Morgan fingerprint density at radius 2 is 1.80 bits per heavy atom. The van der Waals surface area contributed by atoms with Gasteiger partial charge in [0.05, 0.1) is 0 Å². The van der Waals surface area contributed by atoms with Crippen molar-refractivity contribution in [2.24, 2.45) is 0 Å². The standard InChI is InChI=1S/C9H13N/c1-8(2)10-6-4-9(3)5-7-10/h4-8H,3H2,1-2H3. The van der Waals surface area contributed by atoms with Crippen molar-refractivity contribution in [3.8, 4) is 0 Å². The number of hydrogen-bond donors (Lipinski definition) is 0. The summed E-state index contributed by atoms with van der Waals surface area (Å²) in [5.41, 5.74) is 1.07. The van der Waals surface area contributed by atoms with Crippen molar-refractivity contribution in [2.75, 3.05) is 0 Å². The maximum atomic E-state index is 3.81. The summed E-state index contributed by atoms with van der Waals surface area (Å²) in [6.45, 7) is 8.12. The fourth-order valence-corrected chi connectivity index (χ4v) is 0.813. The summed E-state index contributed by atoms with van der Waals surface area (Å²) in [7, 11) is 0. The van der Waals surface area contributed by atoms with Crippen LogP contribution in [0.15, 0.2) is 36.7 Å². The molecular weight excluding hydrogens is 122 g/mol. The van der Waals surface area contributed by atoms with Crippen LogP contribution in [0, 0.1) is 0 Å². The second kappa shape index (κ2) is 2.74. The minimum Gasteiger partial charge on any atom is -0.352 e. The van der Waals surface area contributed by atoms with Crippen molar-refractivity contribution in [1.29, 1.82) is 0 Å². The van der Waals surface area contributed by atoms with Crippen molar-refractivity contribution < 1.29 is 0 Å². The van der Waals surface area contributed by atoms with E-state index in [1.54, 1.807) is 0 Å². The molecule has 1 heteroatoms. The van der Waals surface area contributed by atoms with Crippen LogP contribution >= 0.6 is 0 Å². The molecule has 0 saturated carbocycles. The van der Waals surface area contributed by atoms with Crippen molar-refractivity contribution in [2.45, 2.75) is 19.9 Å². The molecule has 0 unspecified atom stereocenters. The Labute approximate surface area is 62.3 Å². The highest BCUT2D eigenvalue weighted by atomic mass is 15.1. The van der Waals surface area contributed by atoms with Gasteiger partial charge in [-0.05, 0) is 31.6 Å². The summed E-state index contributed by atoms with van der Waals surface area (Å²) >= 11 is 0. The van der Waals surface area contributed by atoms with Gasteiger partial charge in [-0.2, -0.15) is 0 Å². The highest BCUT2D eigenvalue weighted by Crippen LogP contribution is 2.09. The fraction of sp³-hybridized carbons (Fsp3) is 0.333. The van der Waals surface area contributed by atoms with Gasteiger partial charge in [-0.3, -0.25) is 0 Å². The van der Waals surface area contributed by atoms with Gasteiger partial charge in [0.2, 0.25) is 0 Å². The molecule has 10 heavy (non-hydrogen) atoms. The molecule has 0 spiro atoms. The first-order valence-corrected chi connectivity index (χ1v) is 3.53. The Morgan fingerprint density at radius 3 is 2.20 bits per heavy atom. The zero-order valence-corrected chi connectivity index (χ0v) is 6.54. The highest BCUT2D eigenvalue weighted by Gasteiger charge is 2.01. The summed E-state index contributed by atoms with van der Waals surface area (Å²) < 4.78 is 0.